The van der Waals surface area contributed by atoms with Gasteiger partial charge in [0.05, 0.1) is 6.61 Å². The summed E-state index contributed by atoms with van der Waals surface area (Å²) < 4.78 is 5.06. The van der Waals surface area contributed by atoms with E-state index in [4.69, 9.17) is 4.74 Å². The van der Waals surface area contributed by atoms with Crippen LogP contribution in [0.3, 0.4) is 0 Å². The minimum absolute atomic E-state index is 0.0930. The molecule has 0 N–H and O–H groups in total. The number of carbonyl (C=O) groups is 1. The molecule has 0 rings (SSSR count). The Kier molecular flexibility index (Phi) is 20.2. The van der Waals surface area contributed by atoms with Gasteiger partial charge in [-0.25, -0.2) is 0 Å². The van der Waals surface area contributed by atoms with Crippen molar-refractivity contribution in [2.75, 3.05) is 12.9 Å². The molecule has 0 heterocycles. The van der Waals surface area contributed by atoms with Crippen molar-refractivity contribution in [3.05, 3.63) is 72.9 Å². The molecule has 0 aliphatic carbocycles. The zero-order chi connectivity index (χ0) is 20.7. The Morgan fingerprint density at radius 1 is 0.714 bits per heavy atom. The summed E-state index contributed by atoms with van der Waals surface area (Å²) in [5.41, 5.74) is 0. The van der Waals surface area contributed by atoms with Gasteiger partial charge in [0.2, 0.25) is 0 Å². The number of carbonyl (C=O) groups excluding carboxylic acids is 1. The average molecular weight is 403 g/mol. The van der Waals surface area contributed by atoms with Gasteiger partial charge >= 0.3 is 5.97 Å². The van der Waals surface area contributed by atoms with Crippen LogP contribution in [0.15, 0.2) is 72.9 Å². The van der Waals surface area contributed by atoms with E-state index in [1.54, 1.807) is 11.8 Å². The normalized spacial score (nSPS) is 14.0. The lowest BCUT2D eigenvalue weighted by Gasteiger charge is -2.10. The second-order valence-corrected chi connectivity index (χ2v) is 7.17. The fourth-order valence-corrected chi connectivity index (χ4v) is 2.83. The number of rotatable bonds is 16. The number of hydrogen-bond acceptors (Lipinski definition) is 3. The van der Waals surface area contributed by atoms with E-state index in [0.717, 1.165) is 44.9 Å². The van der Waals surface area contributed by atoms with Crippen molar-refractivity contribution in [2.24, 2.45) is 0 Å². The van der Waals surface area contributed by atoms with Gasteiger partial charge in [0.15, 0.2) is 0 Å². The SMILES string of the molecule is CCC=CCC=CCC=CCC=CCC=CCC=CCC(SC)C(=O)OCC. The average Bonchev–Trinajstić information content (AvgIpc) is 2.70. The topological polar surface area (TPSA) is 26.3 Å². The molecule has 0 fully saturated rings. The van der Waals surface area contributed by atoms with Gasteiger partial charge in [0.1, 0.15) is 5.25 Å². The van der Waals surface area contributed by atoms with Gasteiger partial charge in [-0.1, -0.05) is 79.8 Å². The zero-order valence-corrected chi connectivity index (χ0v) is 18.7. The molecule has 0 saturated carbocycles. The van der Waals surface area contributed by atoms with Crippen molar-refractivity contribution >= 4 is 17.7 Å². The molecule has 0 aromatic heterocycles. The predicted molar refractivity (Wildman–Crippen MR) is 127 cm³/mol. The van der Waals surface area contributed by atoms with Gasteiger partial charge in [-0.3, -0.25) is 4.79 Å². The number of allylic oxidation sites excluding steroid dienone is 12. The lowest BCUT2D eigenvalue weighted by Crippen LogP contribution is -2.19. The molecule has 1 atom stereocenters. The van der Waals surface area contributed by atoms with Crippen molar-refractivity contribution in [3.8, 4) is 0 Å². The predicted octanol–water partition coefficient (Wildman–Crippen LogP) is 7.37. The summed E-state index contributed by atoms with van der Waals surface area (Å²) in [6.45, 7) is 4.44. The second-order valence-electron chi connectivity index (χ2n) is 6.13. The molecule has 156 valence electrons. The summed E-state index contributed by atoms with van der Waals surface area (Å²) in [4.78, 5) is 11.7. The highest BCUT2D eigenvalue weighted by atomic mass is 32.2. The molecule has 0 saturated heterocycles. The number of thioether (sulfide) groups is 1. The van der Waals surface area contributed by atoms with E-state index < -0.39 is 0 Å². The molecule has 0 aromatic carbocycles. The van der Waals surface area contributed by atoms with Gasteiger partial charge in [-0.05, 0) is 58.1 Å². The first kappa shape index (κ1) is 26.3. The van der Waals surface area contributed by atoms with Gasteiger partial charge in [-0.2, -0.15) is 0 Å². The summed E-state index contributed by atoms with van der Waals surface area (Å²) in [5, 5.41) is -0.0930. The first-order chi connectivity index (χ1) is 13.8. The molecule has 3 heteroatoms. The minimum Gasteiger partial charge on any atom is -0.465 e. The molecule has 28 heavy (non-hydrogen) atoms. The summed E-state index contributed by atoms with van der Waals surface area (Å²) >= 11 is 1.54. The Balaban J connectivity index is 3.74. The molecule has 0 amide bonds. The van der Waals surface area contributed by atoms with E-state index in [9.17, 15) is 4.79 Å². The first-order valence-corrected chi connectivity index (χ1v) is 11.6. The van der Waals surface area contributed by atoms with Crippen molar-refractivity contribution in [1.82, 2.24) is 0 Å². The fraction of sp³-hybridized carbons (Fsp3) is 0.480. The van der Waals surface area contributed by atoms with Gasteiger partial charge in [0.25, 0.3) is 0 Å². The first-order valence-electron chi connectivity index (χ1n) is 10.4. The minimum atomic E-state index is -0.116. The highest BCUT2D eigenvalue weighted by Gasteiger charge is 2.16. The summed E-state index contributed by atoms with van der Waals surface area (Å²) in [7, 11) is 0. The molecule has 2 nitrogen and oxygen atoms in total. The third-order valence-corrected chi connectivity index (χ3v) is 4.73. The fourth-order valence-electron chi connectivity index (χ4n) is 2.27. The Morgan fingerprint density at radius 2 is 1.11 bits per heavy atom. The maximum Gasteiger partial charge on any atom is 0.319 e. The summed E-state index contributed by atoms with van der Waals surface area (Å²) in [5.74, 6) is -0.116. The van der Waals surface area contributed by atoms with Crippen LogP contribution in [0.5, 0.6) is 0 Å². The smallest absolute Gasteiger partial charge is 0.319 e. The van der Waals surface area contributed by atoms with Crippen LogP contribution in [0.1, 0.15) is 58.8 Å². The van der Waals surface area contributed by atoms with Crippen LogP contribution >= 0.6 is 11.8 Å². The highest BCUT2D eigenvalue weighted by Crippen LogP contribution is 2.13. The van der Waals surface area contributed by atoms with E-state index in [1.807, 2.05) is 13.2 Å². The standard InChI is InChI=1S/C25H38O2S/c1-4-6-7-8-9-10-11-12-13-14-15-16-17-18-19-20-21-22-23-24(28-3)25(26)27-5-2/h6-7,9-10,12-13,15-16,18-19,21-22,24H,4-5,8,11,14,17,20,23H2,1-3H3. The van der Waals surface area contributed by atoms with Crippen LogP contribution in [-0.2, 0) is 9.53 Å². The third kappa shape index (κ3) is 17.7. The molecule has 0 aromatic rings. The Hall–Kier alpha value is -1.74. The number of ether oxygens (including phenoxy) is 1. The summed E-state index contributed by atoms with van der Waals surface area (Å²) in [6.07, 6.45) is 34.8. The van der Waals surface area contributed by atoms with E-state index >= 15 is 0 Å². The third-order valence-electron chi connectivity index (χ3n) is 3.78. The van der Waals surface area contributed by atoms with E-state index in [2.05, 4.69) is 79.8 Å². The molecule has 0 aliphatic heterocycles. The molecule has 0 spiro atoms. The highest BCUT2D eigenvalue weighted by molar-refractivity contribution is 7.99. The maximum absolute atomic E-state index is 11.7. The van der Waals surface area contributed by atoms with Crippen LogP contribution in [0.4, 0.5) is 0 Å². The zero-order valence-electron chi connectivity index (χ0n) is 17.9. The van der Waals surface area contributed by atoms with Crippen LogP contribution in [0.2, 0.25) is 0 Å². The maximum atomic E-state index is 11.7. The second kappa shape index (κ2) is 21.6. The molecule has 0 radical (unpaired) electrons. The van der Waals surface area contributed by atoms with Crippen molar-refractivity contribution in [1.29, 1.82) is 0 Å². The monoisotopic (exact) mass is 402 g/mol. The molecule has 1 unspecified atom stereocenters. The Bertz CT molecular complexity index is 539. The van der Waals surface area contributed by atoms with E-state index in [0.29, 0.717) is 6.61 Å². The summed E-state index contributed by atoms with van der Waals surface area (Å²) in [6, 6.07) is 0. The lowest BCUT2D eigenvalue weighted by molar-refractivity contribution is -0.142. The van der Waals surface area contributed by atoms with E-state index in [-0.39, 0.29) is 11.2 Å². The van der Waals surface area contributed by atoms with Crippen LogP contribution in [0, 0.1) is 0 Å². The van der Waals surface area contributed by atoms with Crippen LogP contribution in [0.25, 0.3) is 0 Å². The molecule has 0 aliphatic rings. The molecular formula is C25H38O2S. The quantitative estimate of drug-likeness (QED) is 0.199. The van der Waals surface area contributed by atoms with Crippen molar-refractivity contribution < 1.29 is 9.53 Å². The van der Waals surface area contributed by atoms with Gasteiger partial charge < -0.3 is 4.74 Å². The Labute approximate surface area is 177 Å². The van der Waals surface area contributed by atoms with Crippen LogP contribution < -0.4 is 0 Å². The van der Waals surface area contributed by atoms with Gasteiger partial charge in [-0.15, -0.1) is 11.8 Å². The number of esters is 1. The number of hydrogen-bond donors (Lipinski definition) is 0. The van der Waals surface area contributed by atoms with Crippen LogP contribution in [-0.4, -0.2) is 24.1 Å². The van der Waals surface area contributed by atoms with E-state index in [1.165, 1.54) is 0 Å². The lowest BCUT2D eigenvalue weighted by atomic mass is 10.2. The van der Waals surface area contributed by atoms with Gasteiger partial charge in [0, 0.05) is 0 Å². The van der Waals surface area contributed by atoms with Crippen molar-refractivity contribution in [2.45, 2.75) is 64.0 Å². The largest absolute Gasteiger partial charge is 0.465 e. The molecular weight excluding hydrogens is 364 g/mol. The Morgan fingerprint density at radius 3 is 1.46 bits per heavy atom. The molecule has 0 bridgehead atoms. The van der Waals surface area contributed by atoms with Crippen molar-refractivity contribution in [3.63, 3.8) is 0 Å².